The Balaban J connectivity index is 1.66. The summed E-state index contributed by atoms with van der Waals surface area (Å²) < 4.78 is 26.8. The molecule has 1 aromatic heterocycles. The standard InChI is InChI=1S/C21H21N5O7/c1-29-16-6-12(7-17(30-2)19(16)31-3)24-20-22-10-23-21(25-20)26(9-18(27)28)13-4-5-14-15(8-13)33-11-32-14/h4-8,10H,9,11H2,1-3H3,(H,27,28)(H,22,23,24,25). The van der Waals surface area contributed by atoms with E-state index in [0.717, 1.165) is 0 Å². The molecule has 4 rings (SSSR count). The molecule has 172 valence electrons. The van der Waals surface area contributed by atoms with Gasteiger partial charge in [0.05, 0.1) is 21.3 Å². The Morgan fingerprint density at radius 1 is 1.06 bits per heavy atom. The highest BCUT2D eigenvalue weighted by atomic mass is 16.7. The van der Waals surface area contributed by atoms with Crippen molar-refractivity contribution in [1.82, 2.24) is 15.0 Å². The van der Waals surface area contributed by atoms with Gasteiger partial charge in [0.2, 0.25) is 24.4 Å². The van der Waals surface area contributed by atoms with E-state index in [0.29, 0.717) is 40.1 Å². The van der Waals surface area contributed by atoms with Gasteiger partial charge < -0.3 is 34.1 Å². The molecule has 2 N–H and O–H groups in total. The third-order valence-electron chi connectivity index (χ3n) is 4.68. The van der Waals surface area contributed by atoms with E-state index in [4.69, 9.17) is 23.7 Å². The number of hydrogen-bond acceptors (Lipinski definition) is 11. The van der Waals surface area contributed by atoms with Gasteiger partial charge in [-0.25, -0.2) is 9.97 Å². The average molecular weight is 455 g/mol. The van der Waals surface area contributed by atoms with Gasteiger partial charge in [0.15, 0.2) is 23.0 Å². The van der Waals surface area contributed by atoms with Crippen LogP contribution in [-0.2, 0) is 4.79 Å². The smallest absolute Gasteiger partial charge is 0.323 e. The zero-order valence-corrected chi connectivity index (χ0v) is 18.1. The van der Waals surface area contributed by atoms with Crippen molar-refractivity contribution < 1.29 is 33.6 Å². The van der Waals surface area contributed by atoms with Crippen LogP contribution in [0.25, 0.3) is 0 Å². The fraction of sp³-hybridized carbons (Fsp3) is 0.238. The molecule has 0 saturated heterocycles. The zero-order chi connectivity index (χ0) is 23.4. The summed E-state index contributed by atoms with van der Waals surface area (Å²) in [4.78, 5) is 25.7. The van der Waals surface area contributed by atoms with Crippen molar-refractivity contribution in [2.24, 2.45) is 0 Å². The van der Waals surface area contributed by atoms with Crippen molar-refractivity contribution in [3.63, 3.8) is 0 Å². The van der Waals surface area contributed by atoms with E-state index < -0.39 is 5.97 Å². The molecule has 0 unspecified atom stereocenters. The van der Waals surface area contributed by atoms with Crippen LogP contribution in [0, 0.1) is 0 Å². The van der Waals surface area contributed by atoms with Gasteiger partial charge in [0, 0.05) is 29.6 Å². The van der Waals surface area contributed by atoms with Gasteiger partial charge in [-0.1, -0.05) is 0 Å². The summed E-state index contributed by atoms with van der Waals surface area (Å²) in [6.45, 7) is -0.278. The number of carboxylic acids is 1. The summed E-state index contributed by atoms with van der Waals surface area (Å²) in [5, 5.41) is 12.5. The van der Waals surface area contributed by atoms with Crippen LogP contribution in [0.5, 0.6) is 28.7 Å². The maximum Gasteiger partial charge on any atom is 0.323 e. The highest BCUT2D eigenvalue weighted by Crippen LogP contribution is 2.40. The van der Waals surface area contributed by atoms with Crippen molar-refractivity contribution in [2.75, 3.05) is 44.9 Å². The summed E-state index contributed by atoms with van der Waals surface area (Å²) in [5.41, 5.74) is 1.08. The summed E-state index contributed by atoms with van der Waals surface area (Å²) in [7, 11) is 4.54. The number of aliphatic carboxylic acids is 1. The molecule has 2 heterocycles. The topological polar surface area (TPSA) is 137 Å². The molecule has 33 heavy (non-hydrogen) atoms. The summed E-state index contributed by atoms with van der Waals surface area (Å²) in [6, 6.07) is 8.45. The lowest BCUT2D eigenvalue weighted by molar-refractivity contribution is -0.135. The van der Waals surface area contributed by atoms with Crippen molar-refractivity contribution >= 4 is 29.2 Å². The fourth-order valence-electron chi connectivity index (χ4n) is 3.23. The molecule has 0 radical (unpaired) electrons. The molecule has 0 spiro atoms. The van der Waals surface area contributed by atoms with Crippen LogP contribution in [0.1, 0.15) is 0 Å². The van der Waals surface area contributed by atoms with E-state index in [1.807, 2.05) is 0 Å². The lowest BCUT2D eigenvalue weighted by Crippen LogP contribution is -2.27. The summed E-state index contributed by atoms with van der Waals surface area (Å²) >= 11 is 0. The zero-order valence-electron chi connectivity index (χ0n) is 18.1. The molecule has 0 amide bonds. The van der Waals surface area contributed by atoms with Crippen LogP contribution in [0.15, 0.2) is 36.7 Å². The van der Waals surface area contributed by atoms with E-state index >= 15 is 0 Å². The number of carbonyl (C=O) groups is 1. The second-order valence-electron chi connectivity index (χ2n) is 6.67. The predicted molar refractivity (Wildman–Crippen MR) is 116 cm³/mol. The second kappa shape index (κ2) is 9.34. The molecule has 0 saturated carbocycles. The Labute approximate surface area is 188 Å². The number of rotatable bonds is 9. The van der Waals surface area contributed by atoms with Gasteiger partial charge >= 0.3 is 5.97 Å². The first kappa shape index (κ1) is 21.7. The van der Waals surface area contributed by atoms with Gasteiger partial charge in [0.1, 0.15) is 12.9 Å². The number of fused-ring (bicyclic) bond motifs is 1. The van der Waals surface area contributed by atoms with E-state index in [2.05, 4.69) is 20.3 Å². The molecule has 3 aromatic rings. The van der Waals surface area contributed by atoms with Crippen LogP contribution in [0.3, 0.4) is 0 Å². The molecule has 1 aliphatic rings. The van der Waals surface area contributed by atoms with Gasteiger partial charge in [-0.05, 0) is 12.1 Å². The Kier molecular flexibility index (Phi) is 6.15. The van der Waals surface area contributed by atoms with Crippen LogP contribution in [0.2, 0.25) is 0 Å². The van der Waals surface area contributed by atoms with Gasteiger partial charge in [-0.2, -0.15) is 4.98 Å². The fourth-order valence-corrected chi connectivity index (χ4v) is 3.23. The number of ether oxygens (including phenoxy) is 5. The predicted octanol–water partition coefficient (Wildman–Crippen LogP) is 2.59. The normalized spacial score (nSPS) is 11.6. The van der Waals surface area contributed by atoms with Gasteiger partial charge in [0.25, 0.3) is 0 Å². The lowest BCUT2D eigenvalue weighted by Gasteiger charge is -2.21. The average Bonchev–Trinajstić information content (AvgIpc) is 3.30. The molecule has 12 nitrogen and oxygen atoms in total. The minimum atomic E-state index is -1.06. The first-order chi connectivity index (χ1) is 16.0. The lowest BCUT2D eigenvalue weighted by atomic mass is 10.2. The van der Waals surface area contributed by atoms with Crippen LogP contribution in [0.4, 0.5) is 23.3 Å². The molecule has 0 aliphatic carbocycles. The molecule has 0 atom stereocenters. The maximum atomic E-state index is 11.5. The molecule has 0 fully saturated rings. The quantitative estimate of drug-likeness (QED) is 0.490. The number of nitrogens with zero attached hydrogens (tertiary/aromatic N) is 4. The first-order valence-corrected chi connectivity index (χ1v) is 9.67. The van der Waals surface area contributed by atoms with E-state index in [9.17, 15) is 9.90 Å². The van der Waals surface area contributed by atoms with Crippen LogP contribution in [-0.4, -0.2) is 60.7 Å². The Hall–Kier alpha value is -4.48. The second-order valence-corrected chi connectivity index (χ2v) is 6.67. The number of benzene rings is 2. The van der Waals surface area contributed by atoms with Crippen molar-refractivity contribution in [1.29, 1.82) is 0 Å². The third kappa shape index (κ3) is 4.59. The van der Waals surface area contributed by atoms with Crippen LogP contribution >= 0.6 is 0 Å². The van der Waals surface area contributed by atoms with Gasteiger partial charge in [-0.15, -0.1) is 0 Å². The van der Waals surface area contributed by atoms with Crippen molar-refractivity contribution in [3.05, 3.63) is 36.7 Å². The minimum absolute atomic E-state index is 0.104. The van der Waals surface area contributed by atoms with Gasteiger partial charge in [-0.3, -0.25) is 9.69 Å². The number of hydrogen-bond donors (Lipinski definition) is 2. The molecule has 1 aliphatic heterocycles. The number of aromatic nitrogens is 3. The number of nitrogens with one attached hydrogen (secondary N) is 1. The van der Waals surface area contributed by atoms with Crippen molar-refractivity contribution in [3.8, 4) is 28.7 Å². The monoisotopic (exact) mass is 455 g/mol. The highest BCUT2D eigenvalue weighted by Gasteiger charge is 2.21. The van der Waals surface area contributed by atoms with E-state index in [1.54, 1.807) is 30.3 Å². The Morgan fingerprint density at radius 2 is 1.79 bits per heavy atom. The number of anilines is 4. The molecular weight excluding hydrogens is 434 g/mol. The molecular formula is C21H21N5O7. The molecule has 2 aromatic carbocycles. The van der Waals surface area contributed by atoms with Crippen LogP contribution < -0.4 is 33.9 Å². The number of carboxylic acid groups (broad SMARTS) is 1. The molecule has 12 heteroatoms. The maximum absolute atomic E-state index is 11.5. The SMILES string of the molecule is COc1cc(Nc2ncnc(N(CC(=O)O)c3ccc4c(c3)OCO4)n2)cc(OC)c1OC. The number of methoxy groups -OCH3 is 3. The van der Waals surface area contributed by atoms with E-state index in [1.165, 1.54) is 32.6 Å². The largest absolute Gasteiger partial charge is 0.493 e. The Bertz CT molecular complexity index is 1150. The summed E-state index contributed by atoms with van der Waals surface area (Å²) in [6.07, 6.45) is 1.28. The third-order valence-corrected chi connectivity index (χ3v) is 4.68. The highest BCUT2D eigenvalue weighted by molar-refractivity contribution is 5.78. The Morgan fingerprint density at radius 3 is 2.45 bits per heavy atom. The minimum Gasteiger partial charge on any atom is -0.493 e. The van der Waals surface area contributed by atoms with Crippen molar-refractivity contribution in [2.45, 2.75) is 0 Å². The first-order valence-electron chi connectivity index (χ1n) is 9.67. The van der Waals surface area contributed by atoms with E-state index in [-0.39, 0.29) is 25.2 Å². The molecule has 0 bridgehead atoms. The summed E-state index contributed by atoms with van der Waals surface area (Å²) in [5.74, 6) is 1.67.